The van der Waals surface area contributed by atoms with Crippen molar-refractivity contribution in [3.63, 3.8) is 0 Å². The Balaban J connectivity index is 3.07. The second-order valence-electron chi connectivity index (χ2n) is 1.65. The predicted molar refractivity (Wildman–Crippen MR) is 38.2 cm³/mol. The highest BCUT2D eigenvalue weighted by molar-refractivity contribution is 7.80. The van der Waals surface area contributed by atoms with Crippen LogP contribution in [0.5, 0.6) is 0 Å². The molecule has 0 fully saturated rings. The lowest BCUT2D eigenvalue weighted by Crippen LogP contribution is -2.12. The zero-order valence-electron chi connectivity index (χ0n) is 5.52. The Bertz CT molecular complexity index is 43.8. The van der Waals surface area contributed by atoms with Crippen LogP contribution >= 0.6 is 12.6 Å². The van der Waals surface area contributed by atoms with Crippen LogP contribution in [0, 0.1) is 0 Å². The summed E-state index contributed by atoms with van der Waals surface area (Å²) in [4.78, 5) is 0. The van der Waals surface area contributed by atoms with E-state index in [0.717, 1.165) is 18.8 Å². The van der Waals surface area contributed by atoms with Gasteiger partial charge in [0.1, 0.15) is 0 Å². The minimum atomic E-state index is 0.315. The summed E-state index contributed by atoms with van der Waals surface area (Å²) in [5, 5.41) is 0. The monoisotopic (exact) mass is 133 g/mol. The maximum Gasteiger partial charge on any atom is 0.0671 e. The fourth-order valence-corrected chi connectivity index (χ4v) is 0.851. The number of hydrogen-bond acceptors (Lipinski definition) is 1. The Labute approximate surface area is 56.8 Å². The van der Waals surface area contributed by atoms with Crippen LogP contribution in [0.1, 0.15) is 20.3 Å². The van der Waals surface area contributed by atoms with Crippen molar-refractivity contribution < 1.29 is 4.74 Å². The number of rotatable bonds is 4. The van der Waals surface area contributed by atoms with Gasteiger partial charge in [-0.1, -0.05) is 19.6 Å². The molecule has 0 N–H and O–H groups in total. The molecule has 0 amide bonds. The maximum absolute atomic E-state index is 5.24. The number of hydrogen-bond donors (Lipinski definition) is 0. The van der Waals surface area contributed by atoms with Gasteiger partial charge in [-0.15, -0.1) is 0 Å². The van der Waals surface area contributed by atoms with Crippen molar-refractivity contribution in [3.05, 3.63) is 0 Å². The average Bonchev–Trinajstić information content (AvgIpc) is 1.83. The third-order valence-electron chi connectivity index (χ3n) is 1.04. The van der Waals surface area contributed by atoms with Crippen LogP contribution in [0.25, 0.3) is 0 Å². The van der Waals surface area contributed by atoms with Crippen molar-refractivity contribution in [3.8, 4) is 0 Å². The molecule has 0 saturated carbocycles. The van der Waals surface area contributed by atoms with Gasteiger partial charge >= 0.3 is 0 Å². The normalized spacial score (nSPS) is 13.9. The zero-order chi connectivity index (χ0) is 6.41. The van der Waals surface area contributed by atoms with Gasteiger partial charge in [0.25, 0.3) is 0 Å². The molecule has 0 heterocycles. The molecule has 0 aromatic rings. The molecule has 0 aliphatic carbocycles. The third kappa shape index (κ3) is 3.33. The van der Waals surface area contributed by atoms with Crippen molar-refractivity contribution in [1.29, 1.82) is 0 Å². The topological polar surface area (TPSA) is 9.23 Å². The maximum atomic E-state index is 5.24. The molecule has 0 saturated heterocycles. The Kier molecular flexibility index (Phi) is 5.66. The molecule has 0 aromatic heterocycles. The second kappa shape index (κ2) is 5.45. The van der Waals surface area contributed by atoms with E-state index in [9.17, 15) is 0 Å². The molecule has 49 valence electrons. The van der Waals surface area contributed by atoms with E-state index in [1.807, 2.05) is 6.92 Å². The van der Waals surface area contributed by atoms with Gasteiger partial charge in [-0.2, -0.15) is 0 Å². The van der Waals surface area contributed by atoms with Gasteiger partial charge in [-0.25, -0.2) is 0 Å². The minimum Gasteiger partial charge on any atom is -0.378 e. The lowest BCUT2D eigenvalue weighted by Gasteiger charge is -2.09. The first-order chi connectivity index (χ1) is 3.85. The van der Waals surface area contributed by atoms with E-state index < -0.39 is 0 Å². The quantitative estimate of drug-likeness (QED) is 0.570. The molecule has 1 nitrogen and oxygen atoms in total. The van der Waals surface area contributed by atoms with E-state index in [4.69, 9.17) is 17.4 Å². The van der Waals surface area contributed by atoms with E-state index >= 15 is 0 Å². The summed E-state index contributed by atoms with van der Waals surface area (Å²) < 4.78 is 5.24. The summed E-state index contributed by atoms with van der Waals surface area (Å²) in [5.74, 6) is 0.727. The minimum absolute atomic E-state index is 0.315. The lowest BCUT2D eigenvalue weighted by molar-refractivity contribution is 0.0775. The van der Waals surface area contributed by atoms with Crippen molar-refractivity contribution >= 4 is 12.6 Å². The highest BCUT2D eigenvalue weighted by Crippen LogP contribution is 1.98. The summed E-state index contributed by atoms with van der Waals surface area (Å²) in [6.07, 6.45) is 1.35. The summed E-state index contributed by atoms with van der Waals surface area (Å²) in [5.41, 5.74) is 0. The molecule has 0 aromatic carbocycles. The molecule has 2 heteroatoms. The van der Waals surface area contributed by atoms with Crippen molar-refractivity contribution in [1.82, 2.24) is 0 Å². The van der Waals surface area contributed by atoms with Crippen molar-refractivity contribution in [2.45, 2.75) is 26.4 Å². The van der Waals surface area contributed by atoms with Gasteiger partial charge < -0.3 is 4.74 Å². The molecule has 0 rings (SSSR count). The van der Waals surface area contributed by atoms with Gasteiger partial charge in [0.15, 0.2) is 0 Å². The van der Waals surface area contributed by atoms with Gasteiger partial charge in [0, 0.05) is 12.4 Å². The van der Waals surface area contributed by atoms with Crippen LogP contribution in [-0.2, 0) is 4.74 Å². The van der Waals surface area contributed by atoms with E-state index in [0.29, 0.717) is 6.10 Å². The summed E-state index contributed by atoms with van der Waals surface area (Å²) in [6, 6.07) is 0. The Hall–Kier alpha value is 0.310. The molecule has 8 heavy (non-hydrogen) atoms. The molecule has 1 atom stereocenters. The zero-order valence-corrected chi connectivity index (χ0v) is 6.33. The van der Waals surface area contributed by atoms with Gasteiger partial charge in [0.2, 0.25) is 0 Å². The second-order valence-corrected chi connectivity index (χ2v) is 1.99. The summed E-state index contributed by atoms with van der Waals surface area (Å²) >= 11 is 4.81. The third-order valence-corrected chi connectivity index (χ3v) is 1.42. The average molecular weight is 133 g/mol. The van der Waals surface area contributed by atoms with Gasteiger partial charge in [-0.05, 0) is 13.3 Å². The number of ether oxygens (including phenoxy) is 1. The predicted octanol–water partition coefficient (Wildman–Crippen LogP) is 2.00. The molecular weight excluding hydrogens is 120 g/mol. The lowest BCUT2D eigenvalue weighted by atomic mass is 10.3. The van der Waals surface area contributed by atoms with Crippen LogP contribution in [0.2, 0.25) is 0 Å². The molecule has 1 unspecified atom stereocenters. The summed E-state index contributed by atoms with van der Waals surface area (Å²) in [7, 11) is 0. The van der Waals surface area contributed by atoms with Crippen LogP contribution in [0.15, 0.2) is 0 Å². The summed E-state index contributed by atoms with van der Waals surface area (Å²) in [6.45, 7) is 4.87. The SMILES string of the molecule is CCOC(CC)C[S]. The van der Waals surface area contributed by atoms with Crippen LogP contribution in [0.3, 0.4) is 0 Å². The van der Waals surface area contributed by atoms with Crippen LogP contribution < -0.4 is 0 Å². The molecule has 0 aliphatic heterocycles. The van der Waals surface area contributed by atoms with Crippen molar-refractivity contribution in [2.75, 3.05) is 12.4 Å². The van der Waals surface area contributed by atoms with E-state index in [1.54, 1.807) is 0 Å². The first-order valence-corrected chi connectivity index (χ1v) is 3.62. The van der Waals surface area contributed by atoms with Crippen molar-refractivity contribution in [2.24, 2.45) is 0 Å². The molecule has 0 bridgehead atoms. The van der Waals surface area contributed by atoms with E-state index in [1.165, 1.54) is 0 Å². The Morgan fingerprint density at radius 2 is 2.12 bits per heavy atom. The molecule has 1 radical (unpaired) electrons. The Morgan fingerprint density at radius 1 is 1.50 bits per heavy atom. The van der Waals surface area contributed by atoms with Crippen LogP contribution in [0.4, 0.5) is 0 Å². The molecular formula is C6H13OS. The highest BCUT2D eigenvalue weighted by Gasteiger charge is 1.99. The fourth-order valence-electron chi connectivity index (χ4n) is 0.520. The van der Waals surface area contributed by atoms with Crippen LogP contribution in [-0.4, -0.2) is 18.5 Å². The first kappa shape index (κ1) is 8.31. The van der Waals surface area contributed by atoms with Gasteiger partial charge in [0.05, 0.1) is 6.10 Å². The largest absolute Gasteiger partial charge is 0.378 e. The Morgan fingerprint density at radius 3 is 2.25 bits per heavy atom. The van der Waals surface area contributed by atoms with E-state index in [2.05, 4.69) is 6.92 Å². The molecule has 0 aliphatic rings. The van der Waals surface area contributed by atoms with E-state index in [-0.39, 0.29) is 0 Å². The standard InChI is InChI=1S/C6H13OS/c1-3-6(5-8)7-4-2/h6H,3-5H2,1-2H3. The highest BCUT2D eigenvalue weighted by atomic mass is 32.1. The molecule has 0 spiro atoms. The first-order valence-electron chi connectivity index (χ1n) is 3.04. The van der Waals surface area contributed by atoms with Gasteiger partial charge in [-0.3, -0.25) is 0 Å². The smallest absolute Gasteiger partial charge is 0.0671 e. The fraction of sp³-hybridized carbons (Fsp3) is 1.00.